The van der Waals surface area contributed by atoms with E-state index in [1.807, 2.05) is 29.2 Å². The largest absolute Gasteiger partial charge is 0.237 e. The minimum absolute atomic E-state index is 0.955. The van der Waals surface area contributed by atoms with Gasteiger partial charge in [0.2, 0.25) is 0 Å². The zero-order valence-electron chi connectivity index (χ0n) is 8.93. The minimum Gasteiger partial charge on any atom is -0.237 e. The molecule has 0 saturated heterocycles. The van der Waals surface area contributed by atoms with Gasteiger partial charge >= 0.3 is 0 Å². The standard InChI is InChI=1S/C12H15N3/c1-2-3-6-11-7-4-8-13-12(11)15-10-5-9-14-15/h4-5,7-10H,2-3,6H2,1H3. The van der Waals surface area contributed by atoms with Gasteiger partial charge in [0.25, 0.3) is 0 Å². The molecule has 3 heteroatoms. The summed E-state index contributed by atoms with van der Waals surface area (Å²) < 4.78 is 1.82. The molecule has 0 fully saturated rings. The fraction of sp³-hybridized carbons (Fsp3) is 0.333. The molecule has 2 heterocycles. The molecule has 2 aromatic heterocycles. The number of rotatable bonds is 4. The second-order valence-corrected chi connectivity index (χ2v) is 3.54. The van der Waals surface area contributed by atoms with E-state index in [1.54, 1.807) is 6.20 Å². The lowest BCUT2D eigenvalue weighted by Crippen LogP contribution is -2.02. The summed E-state index contributed by atoms with van der Waals surface area (Å²) in [5.74, 6) is 0.955. The lowest BCUT2D eigenvalue weighted by molar-refractivity contribution is 0.764. The molecular weight excluding hydrogens is 186 g/mol. The first-order valence-corrected chi connectivity index (χ1v) is 5.35. The van der Waals surface area contributed by atoms with Gasteiger partial charge in [0.1, 0.15) is 0 Å². The van der Waals surface area contributed by atoms with Crippen LogP contribution in [0, 0.1) is 0 Å². The summed E-state index contributed by atoms with van der Waals surface area (Å²) in [6.07, 6.45) is 8.98. The predicted molar refractivity (Wildman–Crippen MR) is 60.0 cm³/mol. The molecule has 3 nitrogen and oxygen atoms in total. The summed E-state index contributed by atoms with van der Waals surface area (Å²) in [6, 6.07) is 6.02. The third-order valence-electron chi connectivity index (χ3n) is 2.39. The highest BCUT2D eigenvalue weighted by Crippen LogP contribution is 2.12. The molecule has 2 aromatic rings. The third kappa shape index (κ3) is 2.24. The van der Waals surface area contributed by atoms with Gasteiger partial charge in [-0.25, -0.2) is 9.67 Å². The first kappa shape index (κ1) is 9.90. The number of hydrogen-bond donors (Lipinski definition) is 0. The molecule has 0 bridgehead atoms. The van der Waals surface area contributed by atoms with Crippen LogP contribution >= 0.6 is 0 Å². The second kappa shape index (κ2) is 4.73. The Balaban J connectivity index is 2.30. The highest BCUT2D eigenvalue weighted by atomic mass is 15.3. The van der Waals surface area contributed by atoms with Crippen molar-refractivity contribution >= 4 is 0 Å². The maximum absolute atomic E-state index is 4.37. The van der Waals surface area contributed by atoms with Gasteiger partial charge in [-0.15, -0.1) is 0 Å². The van der Waals surface area contributed by atoms with Crippen molar-refractivity contribution in [3.63, 3.8) is 0 Å². The van der Waals surface area contributed by atoms with E-state index in [0.717, 1.165) is 12.2 Å². The van der Waals surface area contributed by atoms with E-state index in [0.29, 0.717) is 0 Å². The van der Waals surface area contributed by atoms with Crippen molar-refractivity contribution in [1.82, 2.24) is 14.8 Å². The molecular formula is C12H15N3. The van der Waals surface area contributed by atoms with Gasteiger partial charge in [0.05, 0.1) is 0 Å². The third-order valence-corrected chi connectivity index (χ3v) is 2.39. The van der Waals surface area contributed by atoms with Crippen LogP contribution in [0.3, 0.4) is 0 Å². The number of aryl methyl sites for hydroxylation is 1. The Kier molecular flexibility index (Phi) is 3.12. The van der Waals surface area contributed by atoms with E-state index in [9.17, 15) is 0 Å². The Morgan fingerprint density at radius 2 is 2.20 bits per heavy atom. The van der Waals surface area contributed by atoms with Crippen molar-refractivity contribution in [3.8, 4) is 5.82 Å². The van der Waals surface area contributed by atoms with E-state index in [4.69, 9.17) is 0 Å². The van der Waals surface area contributed by atoms with E-state index >= 15 is 0 Å². The van der Waals surface area contributed by atoms with Gasteiger partial charge in [0.15, 0.2) is 5.82 Å². The highest BCUT2D eigenvalue weighted by molar-refractivity contribution is 5.32. The second-order valence-electron chi connectivity index (χ2n) is 3.54. The average molecular weight is 201 g/mol. The Hall–Kier alpha value is -1.64. The molecule has 0 aliphatic carbocycles. The molecule has 0 aliphatic rings. The van der Waals surface area contributed by atoms with E-state index in [-0.39, 0.29) is 0 Å². The summed E-state index contributed by atoms with van der Waals surface area (Å²) in [7, 11) is 0. The van der Waals surface area contributed by atoms with Crippen LogP contribution in [-0.2, 0) is 6.42 Å². The quantitative estimate of drug-likeness (QED) is 0.761. The summed E-state index contributed by atoms with van der Waals surface area (Å²) in [6.45, 7) is 2.20. The van der Waals surface area contributed by atoms with Gasteiger partial charge in [-0.3, -0.25) is 0 Å². The van der Waals surface area contributed by atoms with Crippen LogP contribution in [0.25, 0.3) is 5.82 Å². The van der Waals surface area contributed by atoms with Crippen molar-refractivity contribution in [2.75, 3.05) is 0 Å². The number of aromatic nitrogens is 3. The molecule has 0 radical (unpaired) electrons. The topological polar surface area (TPSA) is 30.7 Å². The molecule has 78 valence electrons. The van der Waals surface area contributed by atoms with Crippen LogP contribution in [0.2, 0.25) is 0 Å². The smallest absolute Gasteiger partial charge is 0.156 e. The molecule has 0 aromatic carbocycles. The van der Waals surface area contributed by atoms with Crippen LogP contribution < -0.4 is 0 Å². The zero-order chi connectivity index (χ0) is 10.5. The zero-order valence-corrected chi connectivity index (χ0v) is 8.93. The molecule has 0 unspecified atom stereocenters. The van der Waals surface area contributed by atoms with Crippen molar-refractivity contribution < 1.29 is 0 Å². The number of unbranched alkanes of at least 4 members (excludes halogenated alkanes) is 1. The van der Waals surface area contributed by atoms with Gasteiger partial charge in [0, 0.05) is 18.6 Å². The predicted octanol–water partition coefficient (Wildman–Crippen LogP) is 2.61. The SMILES string of the molecule is CCCCc1cccnc1-n1cccn1. The van der Waals surface area contributed by atoms with Crippen LogP contribution in [0.15, 0.2) is 36.8 Å². The van der Waals surface area contributed by atoms with Crippen LogP contribution in [0.5, 0.6) is 0 Å². The number of hydrogen-bond acceptors (Lipinski definition) is 2. The number of nitrogens with zero attached hydrogens (tertiary/aromatic N) is 3. The van der Waals surface area contributed by atoms with Crippen molar-refractivity contribution in [1.29, 1.82) is 0 Å². The Bertz CT molecular complexity index is 407. The fourth-order valence-corrected chi connectivity index (χ4v) is 1.59. The number of pyridine rings is 1. The maximum atomic E-state index is 4.37. The average Bonchev–Trinajstić information content (AvgIpc) is 2.80. The molecule has 0 spiro atoms. The minimum atomic E-state index is 0.955. The molecule has 2 rings (SSSR count). The normalized spacial score (nSPS) is 10.5. The van der Waals surface area contributed by atoms with Gasteiger partial charge in [-0.2, -0.15) is 5.10 Å². The lowest BCUT2D eigenvalue weighted by Gasteiger charge is -2.07. The maximum Gasteiger partial charge on any atom is 0.156 e. The van der Waals surface area contributed by atoms with Crippen molar-refractivity contribution in [2.24, 2.45) is 0 Å². The van der Waals surface area contributed by atoms with Crippen molar-refractivity contribution in [2.45, 2.75) is 26.2 Å². The molecule has 0 N–H and O–H groups in total. The molecule has 0 saturated carbocycles. The van der Waals surface area contributed by atoms with E-state index < -0.39 is 0 Å². The van der Waals surface area contributed by atoms with Gasteiger partial charge in [-0.1, -0.05) is 19.4 Å². The van der Waals surface area contributed by atoms with Gasteiger partial charge in [-0.05, 0) is 30.5 Å². The lowest BCUT2D eigenvalue weighted by atomic mass is 10.1. The Morgan fingerprint density at radius 1 is 1.27 bits per heavy atom. The first-order valence-electron chi connectivity index (χ1n) is 5.35. The summed E-state index contributed by atoms with van der Waals surface area (Å²) in [4.78, 5) is 4.37. The summed E-state index contributed by atoms with van der Waals surface area (Å²) in [5.41, 5.74) is 1.27. The van der Waals surface area contributed by atoms with E-state index in [2.05, 4.69) is 23.1 Å². The molecule has 0 amide bonds. The fourth-order valence-electron chi connectivity index (χ4n) is 1.59. The summed E-state index contributed by atoms with van der Waals surface area (Å²) in [5, 5.41) is 4.21. The molecule has 0 atom stereocenters. The first-order chi connectivity index (χ1) is 7.42. The molecule has 0 aliphatic heterocycles. The van der Waals surface area contributed by atoms with Gasteiger partial charge < -0.3 is 0 Å². The van der Waals surface area contributed by atoms with Crippen LogP contribution in [0.1, 0.15) is 25.3 Å². The molecule has 15 heavy (non-hydrogen) atoms. The Labute approximate surface area is 89.8 Å². The van der Waals surface area contributed by atoms with E-state index in [1.165, 1.54) is 18.4 Å². The Morgan fingerprint density at radius 3 is 2.93 bits per heavy atom. The van der Waals surface area contributed by atoms with Crippen molar-refractivity contribution in [3.05, 3.63) is 42.4 Å². The van der Waals surface area contributed by atoms with Crippen LogP contribution in [-0.4, -0.2) is 14.8 Å². The van der Waals surface area contributed by atoms with Crippen LogP contribution in [0.4, 0.5) is 0 Å². The summed E-state index contributed by atoms with van der Waals surface area (Å²) >= 11 is 0. The highest BCUT2D eigenvalue weighted by Gasteiger charge is 2.04. The monoisotopic (exact) mass is 201 g/mol.